The summed E-state index contributed by atoms with van der Waals surface area (Å²) in [5.74, 6) is 0. The summed E-state index contributed by atoms with van der Waals surface area (Å²) >= 11 is 0. The Morgan fingerprint density at radius 1 is 1.26 bits per heavy atom. The quantitative estimate of drug-likeness (QED) is 0.848. The molecule has 0 aliphatic carbocycles. The van der Waals surface area contributed by atoms with Crippen molar-refractivity contribution in [2.45, 2.75) is 16.7 Å². The molecule has 0 saturated heterocycles. The van der Waals surface area contributed by atoms with E-state index in [2.05, 4.69) is 5.10 Å². The van der Waals surface area contributed by atoms with Crippen molar-refractivity contribution < 1.29 is 26.7 Å². The number of aliphatic hydroxyl groups is 1. The lowest BCUT2D eigenvalue weighted by molar-refractivity contribution is -0.263. The number of benzene rings is 1. The Kier molecular flexibility index (Phi) is 4.51. The van der Waals surface area contributed by atoms with Crippen molar-refractivity contribution >= 4 is 10.0 Å². The van der Waals surface area contributed by atoms with Crippen LogP contribution in [0.5, 0.6) is 0 Å². The van der Waals surface area contributed by atoms with Crippen LogP contribution >= 0.6 is 0 Å². The topological polar surface area (TPSA) is 84.2 Å². The van der Waals surface area contributed by atoms with E-state index in [-0.39, 0.29) is 4.90 Å². The second kappa shape index (κ2) is 5.95. The standard InChI is InChI=1S/C13H14F3N3O3S/c1-19-8-11(7-17-19)23(21,22)18-9-12(20,13(14,15)16)10-5-3-2-4-6-10/h2-8,18,20H,9H2,1H3. The zero-order valence-electron chi connectivity index (χ0n) is 11.9. The average molecular weight is 349 g/mol. The maximum atomic E-state index is 13.3. The van der Waals surface area contributed by atoms with Gasteiger partial charge in [-0.1, -0.05) is 30.3 Å². The minimum Gasteiger partial charge on any atom is -0.375 e. The predicted molar refractivity (Wildman–Crippen MR) is 74.8 cm³/mol. The van der Waals surface area contributed by atoms with Crippen molar-refractivity contribution in [1.29, 1.82) is 0 Å². The molecule has 0 aliphatic rings. The molecule has 10 heteroatoms. The maximum Gasteiger partial charge on any atom is 0.422 e. The van der Waals surface area contributed by atoms with Crippen molar-refractivity contribution in [2.75, 3.05) is 6.54 Å². The molecule has 1 unspecified atom stereocenters. The summed E-state index contributed by atoms with van der Waals surface area (Å²) in [6, 6.07) is 6.28. The molecule has 0 amide bonds. The molecule has 2 aromatic rings. The first-order valence-electron chi connectivity index (χ1n) is 6.39. The third kappa shape index (κ3) is 3.54. The zero-order valence-corrected chi connectivity index (χ0v) is 12.8. The van der Waals surface area contributed by atoms with Crippen molar-refractivity contribution in [2.24, 2.45) is 7.05 Å². The first-order chi connectivity index (χ1) is 10.6. The van der Waals surface area contributed by atoms with Crippen molar-refractivity contribution in [3.05, 3.63) is 48.3 Å². The van der Waals surface area contributed by atoms with Crippen LogP contribution in [0.3, 0.4) is 0 Å². The number of nitrogens with zero attached hydrogens (tertiary/aromatic N) is 2. The van der Waals surface area contributed by atoms with Crippen LogP contribution in [0.15, 0.2) is 47.6 Å². The highest BCUT2D eigenvalue weighted by Gasteiger charge is 2.55. The molecule has 2 rings (SSSR count). The fraction of sp³-hybridized carbons (Fsp3) is 0.308. The van der Waals surface area contributed by atoms with Crippen LogP contribution in [0, 0.1) is 0 Å². The highest BCUT2D eigenvalue weighted by molar-refractivity contribution is 7.89. The van der Waals surface area contributed by atoms with Crippen LogP contribution in [0.25, 0.3) is 0 Å². The fourth-order valence-corrected chi connectivity index (χ4v) is 2.94. The highest BCUT2D eigenvalue weighted by atomic mass is 32.2. The molecule has 23 heavy (non-hydrogen) atoms. The number of hydrogen-bond acceptors (Lipinski definition) is 4. The summed E-state index contributed by atoms with van der Waals surface area (Å²) in [7, 11) is -2.77. The molecule has 1 heterocycles. The third-order valence-electron chi connectivity index (χ3n) is 3.23. The smallest absolute Gasteiger partial charge is 0.375 e. The summed E-state index contributed by atoms with van der Waals surface area (Å²) in [4.78, 5) is -0.294. The largest absolute Gasteiger partial charge is 0.422 e. The number of sulfonamides is 1. The molecule has 0 bridgehead atoms. The van der Waals surface area contributed by atoms with Gasteiger partial charge < -0.3 is 5.11 Å². The molecule has 1 aromatic heterocycles. The molecule has 0 spiro atoms. The zero-order chi connectivity index (χ0) is 17.3. The summed E-state index contributed by atoms with van der Waals surface area (Å²) in [5.41, 5.74) is -3.80. The Balaban J connectivity index is 2.30. The van der Waals surface area contributed by atoms with E-state index in [1.807, 2.05) is 0 Å². The van der Waals surface area contributed by atoms with Crippen LogP contribution < -0.4 is 4.72 Å². The fourth-order valence-electron chi connectivity index (χ4n) is 1.90. The molecule has 1 aromatic carbocycles. The molecular weight excluding hydrogens is 335 g/mol. The van der Waals surface area contributed by atoms with E-state index in [4.69, 9.17) is 0 Å². The van der Waals surface area contributed by atoms with E-state index in [1.54, 1.807) is 4.72 Å². The number of halogens is 3. The lowest BCUT2D eigenvalue weighted by atomic mass is 9.93. The molecule has 1 atom stereocenters. The highest BCUT2D eigenvalue weighted by Crippen LogP contribution is 2.38. The van der Waals surface area contributed by atoms with Gasteiger partial charge in [0.1, 0.15) is 4.90 Å². The Bertz CT molecular complexity index is 775. The van der Waals surface area contributed by atoms with Gasteiger partial charge in [0.15, 0.2) is 5.60 Å². The summed E-state index contributed by atoms with van der Waals surface area (Å²) in [5, 5.41) is 13.7. The average Bonchev–Trinajstić information content (AvgIpc) is 2.92. The number of nitrogens with one attached hydrogen (secondary N) is 1. The van der Waals surface area contributed by atoms with Crippen LogP contribution in [0.1, 0.15) is 5.56 Å². The lowest BCUT2D eigenvalue weighted by Crippen LogP contribution is -2.50. The SMILES string of the molecule is Cn1cc(S(=O)(=O)NCC(O)(c2ccccc2)C(F)(F)F)cn1. The molecule has 126 valence electrons. The van der Waals surface area contributed by atoms with Gasteiger partial charge in [-0.25, -0.2) is 13.1 Å². The van der Waals surface area contributed by atoms with Crippen LogP contribution in [-0.2, 0) is 22.7 Å². The van der Waals surface area contributed by atoms with Gasteiger partial charge in [0.05, 0.1) is 12.7 Å². The minimum absolute atomic E-state index is 0.294. The summed E-state index contributed by atoms with van der Waals surface area (Å²) in [6.07, 6.45) is -2.93. The Hall–Kier alpha value is -1.91. The number of aryl methyl sites for hydroxylation is 1. The van der Waals surface area contributed by atoms with Crippen LogP contribution in [0.2, 0.25) is 0 Å². The van der Waals surface area contributed by atoms with Gasteiger partial charge in [0, 0.05) is 13.2 Å². The van der Waals surface area contributed by atoms with E-state index in [0.29, 0.717) is 0 Å². The Morgan fingerprint density at radius 3 is 2.35 bits per heavy atom. The molecule has 6 nitrogen and oxygen atoms in total. The van der Waals surface area contributed by atoms with E-state index in [1.165, 1.54) is 29.9 Å². The van der Waals surface area contributed by atoms with Crippen molar-refractivity contribution in [3.8, 4) is 0 Å². The van der Waals surface area contributed by atoms with Gasteiger partial charge >= 0.3 is 6.18 Å². The van der Waals surface area contributed by atoms with Gasteiger partial charge in [-0.3, -0.25) is 4.68 Å². The van der Waals surface area contributed by atoms with E-state index >= 15 is 0 Å². The summed E-state index contributed by atoms with van der Waals surface area (Å²) < 4.78 is 66.8. The van der Waals surface area contributed by atoms with Gasteiger partial charge in [0.2, 0.25) is 10.0 Å². The van der Waals surface area contributed by atoms with Crippen molar-refractivity contribution in [3.63, 3.8) is 0 Å². The van der Waals surface area contributed by atoms with Gasteiger partial charge in [0.25, 0.3) is 0 Å². The second-order valence-corrected chi connectivity index (χ2v) is 6.67. The van der Waals surface area contributed by atoms with E-state index in [9.17, 15) is 26.7 Å². The number of hydrogen-bond donors (Lipinski definition) is 2. The molecular formula is C13H14F3N3O3S. The predicted octanol–water partition coefficient (Wildman–Crippen LogP) is 1.15. The Labute approximate surface area is 130 Å². The number of aromatic nitrogens is 2. The lowest BCUT2D eigenvalue weighted by Gasteiger charge is -2.31. The molecule has 0 aliphatic heterocycles. The first kappa shape index (κ1) is 17.4. The summed E-state index contributed by atoms with van der Waals surface area (Å²) in [6.45, 7) is -1.25. The molecule has 0 saturated carbocycles. The maximum absolute atomic E-state index is 13.3. The van der Waals surface area contributed by atoms with Gasteiger partial charge in [-0.05, 0) is 5.56 Å². The van der Waals surface area contributed by atoms with E-state index < -0.39 is 33.9 Å². The molecule has 0 fully saturated rings. The Morgan fingerprint density at radius 2 is 1.87 bits per heavy atom. The van der Waals surface area contributed by atoms with Crippen molar-refractivity contribution in [1.82, 2.24) is 14.5 Å². The second-order valence-electron chi connectivity index (χ2n) is 4.90. The first-order valence-corrected chi connectivity index (χ1v) is 7.87. The normalized spacial score (nSPS) is 15.3. The van der Waals surface area contributed by atoms with Gasteiger partial charge in [-0.2, -0.15) is 18.3 Å². The number of alkyl halides is 3. The molecule has 2 N–H and O–H groups in total. The molecule has 0 radical (unpaired) electrons. The minimum atomic E-state index is -5.06. The number of rotatable bonds is 5. The van der Waals surface area contributed by atoms with Crippen LogP contribution in [-0.4, -0.2) is 36.0 Å². The van der Waals surface area contributed by atoms with Gasteiger partial charge in [-0.15, -0.1) is 0 Å². The third-order valence-corrected chi connectivity index (χ3v) is 4.59. The van der Waals surface area contributed by atoms with Crippen LogP contribution in [0.4, 0.5) is 13.2 Å². The monoisotopic (exact) mass is 349 g/mol. The van der Waals surface area contributed by atoms with E-state index in [0.717, 1.165) is 24.5 Å².